The third kappa shape index (κ3) is 3.51. The summed E-state index contributed by atoms with van der Waals surface area (Å²) >= 11 is 0.879. The fraction of sp³-hybridized carbons (Fsp3) is 0.176. The molecule has 0 saturated carbocycles. The Hall–Kier alpha value is -3.27. The second-order valence-corrected chi connectivity index (χ2v) is 6.56. The first-order valence-electron chi connectivity index (χ1n) is 7.87. The average molecular weight is 390 g/mol. The second-order valence-electron chi connectivity index (χ2n) is 5.54. The van der Waals surface area contributed by atoms with E-state index in [0.717, 1.165) is 11.3 Å². The summed E-state index contributed by atoms with van der Waals surface area (Å²) in [5.41, 5.74) is 6.13. The number of pyridine rings is 1. The lowest BCUT2D eigenvalue weighted by Gasteiger charge is -2.05. The Bertz CT molecular complexity index is 1070. The highest BCUT2D eigenvalue weighted by atomic mass is 32.1. The molecule has 27 heavy (non-hydrogen) atoms. The highest BCUT2D eigenvalue weighted by Crippen LogP contribution is 2.33. The molecule has 0 bridgehead atoms. The molecule has 3 rings (SSSR count). The number of anilines is 1. The van der Waals surface area contributed by atoms with E-state index in [0.29, 0.717) is 11.2 Å². The second kappa shape index (κ2) is 7.16. The molecule has 3 N–H and O–H groups in total. The van der Waals surface area contributed by atoms with Gasteiger partial charge in [-0.05, 0) is 31.5 Å². The zero-order valence-electron chi connectivity index (χ0n) is 14.4. The lowest BCUT2D eigenvalue weighted by molar-refractivity contribution is 0.0527. The molecule has 10 heteroatoms. The van der Waals surface area contributed by atoms with Gasteiger partial charge in [0.25, 0.3) is 11.8 Å². The van der Waals surface area contributed by atoms with Crippen molar-refractivity contribution in [2.24, 2.45) is 5.73 Å². The van der Waals surface area contributed by atoms with Crippen molar-refractivity contribution in [3.63, 3.8) is 0 Å². The number of primary amides is 1. The van der Waals surface area contributed by atoms with Crippen LogP contribution < -0.4 is 11.1 Å². The number of esters is 1. The van der Waals surface area contributed by atoms with Crippen LogP contribution in [0.4, 0.5) is 9.39 Å². The Morgan fingerprint density at radius 3 is 2.74 bits per heavy atom. The lowest BCUT2D eigenvalue weighted by atomic mass is 10.1. The fourth-order valence-electron chi connectivity index (χ4n) is 2.53. The number of imidazole rings is 1. The van der Waals surface area contributed by atoms with Gasteiger partial charge in [0.05, 0.1) is 17.0 Å². The molecule has 0 radical (unpaired) electrons. The van der Waals surface area contributed by atoms with Crippen molar-refractivity contribution >= 4 is 39.8 Å². The zero-order valence-corrected chi connectivity index (χ0v) is 15.2. The predicted molar refractivity (Wildman–Crippen MR) is 96.6 cm³/mol. The molecule has 3 aromatic rings. The maximum Gasteiger partial charge on any atom is 0.341 e. The minimum atomic E-state index is -0.716. The van der Waals surface area contributed by atoms with Gasteiger partial charge in [-0.1, -0.05) is 0 Å². The SMILES string of the molecule is CCOC(=O)c1c(NC(=O)c2cn3cc(F)ccc3n2)sc(C(N)=O)c1C. The topological polar surface area (TPSA) is 116 Å². The molecular formula is C17H15FN4O4S. The van der Waals surface area contributed by atoms with E-state index in [1.54, 1.807) is 13.8 Å². The molecule has 0 saturated heterocycles. The normalized spacial score (nSPS) is 10.8. The lowest BCUT2D eigenvalue weighted by Crippen LogP contribution is -2.15. The molecule has 3 heterocycles. The van der Waals surface area contributed by atoms with Crippen molar-refractivity contribution in [2.75, 3.05) is 11.9 Å². The van der Waals surface area contributed by atoms with E-state index in [9.17, 15) is 18.8 Å². The Balaban J connectivity index is 1.97. The maximum atomic E-state index is 13.3. The molecule has 0 aliphatic rings. The van der Waals surface area contributed by atoms with Crippen molar-refractivity contribution in [3.8, 4) is 0 Å². The van der Waals surface area contributed by atoms with Crippen LogP contribution in [0.3, 0.4) is 0 Å². The van der Waals surface area contributed by atoms with Gasteiger partial charge in [-0.3, -0.25) is 9.59 Å². The molecule has 0 aliphatic carbocycles. The molecule has 0 atom stereocenters. The molecule has 140 valence electrons. The summed E-state index contributed by atoms with van der Waals surface area (Å²) in [4.78, 5) is 40.6. The van der Waals surface area contributed by atoms with Gasteiger partial charge in [0.15, 0.2) is 0 Å². The van der Waals surface area contributed by atoms with E-state index in [1.807, 2.05) is 0 Å². The molecule has 0 unspecified atom stereocenters. The van der Waals surface area contributed by atoms with E-state index in [2.05, 4.69) is 10.3 Å². The van der Waals surface area contributed by atoms with Crippen molar-refractivity contribution in [3.05, 3.63) is 52.0 Å². The van der Waals surface area contributed by atoms with Crippen LogP contribution in [0, 0.1) is 12.7 Å². The molecule has 0 aromatic carbocycles. The third-order valence-corrected chi connectivity index (χ3v) is 4.95. The first-order valence-corrected chi connectivity index (χ1v) is 8.69. The number of carbonyl (C=O) groups excluding carboxylic acids is 3. The van der Waals surface area contributed by atoms with Crippen LogP contribution in [0.25, 0.3) is 5.65 Å². The van der Waals surface area contributed by atoms with Crippen LogP contribution in [-0.2, 0) is 4.74 Å². The minimum absolute atomic E-state index is 0.0158. The predicted octanol–water partition coefficient (Wildman–Crippen LogP) is 2.37. The Kier molecular flexibility index (Phi) is 4.91. The van der Waals surface area contributed by atoms with Gasteiger partial charge in [-0.15, -0.1) is 11.3 Å². The summed E-state index contributed by atoms with van der Waals surface area (Å²) in [5.74, 6) is -2.49. The molecule has 0 aliphatic heterocycles. The minimum Gasteiger partial charge on any atom is -0.462 e. The number of hydrogen-bond donors (Lipinski definition) is 2. The van der Waals surface area contributed by atoms with Gasteiger partial charge in [-0.25, -0.2) is 14.2 Å². The highest BCUT2D eigenvalue weighted by Gasteiger charge is 2.26. The molecule has 2 amide bonds. The van der Waals surface area contributed by atoms with E-state index < -0.39 is 23.6 Å². The van der Waals surface area contributed by atoms with Crippen LogP contribution in [0.5, 0.6) is 0 Å². The summed E-state index contributed by atoms with van der Waals surface area (Å²) in [6, 6.07) is 2.65. The zero-order chi connectivity index (χ0) is 19.7. The van der Waals surface area contributed by atoms with Crippen molar-refractivity contribution in [1.29, 1.82) is 0 Å². The summed E-state index contributed by atoms with van der Waals surface area (Å²) < 4.78 is 19.6. The number of rotatable bonds is 5. The van der Waals surface area contributed by atoms with E-state index >= 15 is 0 Å². The largest absolute Gasteiger partial charge is 0.462 e. The Morgan fingerprint density at radius 1 is 1.33 bits per heavy atom. The first-order chi connectivity index (χ1) is 12.8. The number of nitrogens with zero attached hydrogens (tertiary/aromatic N) is 2. The van der Waals surface area contributed by atoms with Crippen LogP contribution in [0.2, 0.25) is 0 Å². The number of ether oxygens (including phenoxy) is 1. The summed E-state index contributed by atoms with van der Waals surface area (Å²) in [5, 5.41) is 2.69. The van der Waals surface area contributed by atoms with Gasteiger partial charge in [0.2, 0.25) is 0 Å². The number of carbonyl (C=O) groups is 3. The van der Waals surface area contributed by atoms with Crippen LogP contribution in [-0.4, -0.2) is 33.8 Å². The van der Waals surface area contributed by atoms with Crippen LogP contribution in [0.15, 0.2) is 24.5 Å². The van der Waals surface area contributed by atoms with Gasteiger partial charge in [0, 0.05) is 12.4 Å². The highest BCUT2D eigenvalue weighted by molar-refractivity contribution is 7.18. The smallest absolute Gasteiger partial charge is 0.341 e. The van der Waals surface area contributed by atoms with Crippen LogP contribution in [0.1, 0.15) is 43.0 Å². The Labute approximate surface area is 156 Å². The van der Waals surface area contributed by atoms with E-state index in [-0.39, 0.29) is 27.7 Å². The van der Waals surface area contributed by atoms with Crippen LogP contribution >= 0.6 is 11.3 Å². The number of hydrogen-bond acceptors (Lipinski definition) is 6. The standard InChI is InChI=1S/C17H15FN4O4S/c1-3-26-17(25)12-8(2)13(14(19)23)27-16(12)21-15(24)10-7-22-6-9(18)4-5-11(22)20-10/h4-7H,3H2,1-2H3,(H2,19,23)(H,21,24). The number of thiophene rings is 1. The van der Waals surface area contributed by atoms with Crippen molar-refractivity contribution in [2.45, 2.75) is 13.8 Å². The molecular weight excluding hydrogens is 375 g/mol. The molecule has 8 nitrogen and oxygen atoms in total. The maximum absolute atomic E-state index is 13.3. The van der Waals surface area contributed by atoms with Gasteiger partial charge >= 0.3 is 5.97 Å². The fourth-order valence-corrected chi connectivity index (χ4v) is 3.57. The average Bonchev–Trinajstić information content (AvgIpc) is 3.15. The third-order valence-electron chi connectivity index (χ3n) is 3.72. The number of nitrogens with two attached hydrogens (primary N) is 1. The molecule has 0 spiro atoms. The number of halogens is 1. The Morgan fingerprint density at radius 2 is 2.07 bits per heavy atom. The monoisotopic (exact) mass is 390 g/mol. The molecule has 3 aromatic heterocycles. The summed E-state index contributed by atoms with van der Waals surface area (Å²) in [6.07, 6.45) is 2.54. The first kappa shape index (κ1) is 18.5. The number of aromatic nitrogens is 2. The van der Waals surface area contributed by atoms with Crippen molar-refractivity contribution < 1.29 is 23.5 Å². The van der Waals surface area contributed by atoms with Gasteiger partial charge in [-0.2, -0.15) is 0 Å². The van der Waals surface area contributed by atoms with E-state index in [4.69, 9.17) is 10.5 Å². The van der Waals surface area contributed by atoms with Crippen molar-refractivity contribution in [1.82, 2.24) is 9.38 Å². The number of fused-ring (bicyclic) bond motifs is 1. The summed E-state index contributed by atoms with van der Waals surface area (Å²) in [7, 11) is 0. The van der Waals surface area contributed by atoms with E-state index in [1.165, 1.54) is 28.9 Å². The number of nitrogens with one attached hydrogen (secondary N) is 1. The molecule has 0 fully saturated rings. The van der Waals surface area contributed by atoms with Gasteiger partial charge < -0.3 is 20.2 Å². The summed E-state index contributed by atoms with van der Waals surface area (Å²) in [6.45, 7) is 3.32. The number of amides is 2. The van der Waals surface area contributed by atoms with Gasteiger partial charge in [0.1, 0.15) is 22.2 Å². The quantitative estimate of drug-likeness (QED) is 0.649.